The number of nitrogens with one attached hydrogen (secondary N) is 1. The van der Waals surface area contributed by atoms with Crippen LogP contribution in [0.2, 0.25) is 0 Å². The summed E-state index contributed by atoms with van der Waals surface area (Å²) in [6.07, 6.45) is 2.02. The fourth-order valence-electron chi connectivity index (χ4n) is 3.58. The van der Waals surface area contributed by atoms with E-state index in [1.54, 1.807) is 35.2 Å². The molecule has 0 bridgehead atoms. The summed E-state index contributed by atoms with van der Waals surface area (Å²) in [5, 5.41) is 3.23. The maximum atomic E-state index is 12.6. The largest absolute Gasteiger partial charge is 0.457 e. The van der Waals surface area contributed by atoms with Crippen LogP contribution in [0.25, 0.3) is 0 Å². The highest BCUT2D eigenvalue weighted by atomic mass is 16.5. The van der Waals surface area contributed by atoms with Gasteiger partial charge in [-0.15, -0.1) is 0 Å². The van der Waals surface area contributed by atoms with E-state index in [0.717, 1.165) is 13.0 Å². The smallest absolute Gasteiger partial charge is 0.254 e. The minimum atomic E-state index is -0.683. The van der Waals surface area contributed by atoms with Crippen LogP contribution < -0.4 is 25.4 Å². The Morgan fingerprint density at radius 1 is 1.00 bits per heavy atom. The molecule has 8 heteroatoms. The molecule has 3 aromatic rings. The van der Waals surface area contributed by atoms with E-state index in [1.165, 1.54) is 12.1 Å². The number of nitrogens with two attached hydrogens (primary N) is 1. The van der Waals surface area contributed by atoms with Crippen molar-refractivity contribution in [3.63, 3.8) is 0 Å². The lowest BCUT2D eigenvalue weighted by Gasteiger charge is -2.27. The normalized spacial score (nSPS) is 15.0. The highest BCUT2D eigenvalue weighted by Gasteiger charge is 2.28. The second-order valence-electron chi connectivity index (χ2n) is 7.43. The van der Waals surface area contributed by atoms with Gasteiger partial charge in [-0.1, -0.05) is 24.8 Å². The number of primary amides is 1. The van der Waals surface area contributed by atoms with Crippen LogP contribution in [-0.4, -0.2) is 35.9 Å². The summed E-state index contributed by atoms with van der Waals surface area (Å²) in [7, 11) is 0. The zero-order valence-electron chi connectivity index (χ0n) is 17.9. The molecule has 1 aromatic heterocycles. The number of para-hydroxylation sites is 1. The van der Waals surface area contributed by atoms with Crippen LogP contribution in [0.3, 0.4) is 0 Å². The first-order valence-corrected chi connectivity index (χ1v) is 10.5. The maximum absolute atomic E-state index is 12.6. The lowest BCUT2D eigenvalue weighted by atomic mass is 10.2. The van der Waals surface area contributed by atoms with Crippen molar-refractivity contribution >= 4 is 17.6 Å². The number of anilines is 1. The van der Waals surface area contributed by atoms with Gasteiger partial charge in [0.1, 0.15) is 28.6 Å². The molecule has 2 heterocycles. The number of aromatic nitrogens is 1. The molecule has 0 saturated carbocycles. The summed E-state index contributed by atoms with van der Waals surface area (Å²) >= 11 is 0. The van der Waals surface area contributed by atoms with Crippen LogP contribution in [-0.2, 0) is 4.79 Å². The van der Waals surface area contributed by atoms with Gasteiger partial charge >= 0.3 is 0 Å². The van der Waals surface area contributed by atoms with E-state index in [1.807, 2.05) is 30.3 Å². The van der Waals surface area contributed by atoms with Gasteiger partial charge in [0.15, 0.2) is 0 Å². The van der Waals surface area contributed by atoms with Gasteiger partial charge in [0, 0.05) is 6.54 Å². The van der Waals surface area contributed by atoms with Gasteiger partial charge in [-0.3, -0.25) is 14.5 Å². The Kier molecular flexibility index (Phi) is 6.66. The molecule has 1 saturated heterocycles. The van der Waals surface area contributed by atoms with Gasteiger partial charge in [0.2, 0.25) is 5.88 Å². The first kappa shape index (κ1) is 22.0. The number of carbonyl (C=O) groups is 2. The van der Waals surface area contributed by atoms with Crippen LogP contribution in [0.5, 0.6) is 23.1 Å². The average molecular weight is 444 g/mol. The van der Waals surface area contributed by atoms with E-state index in [9.17, 15) is 9.59 Å². The lowest BCUT2D eigenvalue weighted by Crippen LogP contribution is -2.41. The Morgan fingerprint density at radius 3 is 2.27 bits per heavy atom. The second kappa shape index (κ2) is 9.97. The molecule has 0 spiro atoms. The van der Waals surface area contributed by atoms with Gasteiger partial charge in [0.25, 0.3) is 11.8 Å². The molecule has 1 fully saturated rings. The molecule has 3 N–H and O–H groups in total. The van der Waals surface area contributed by atoms with E-state index in [0.29, 0.717) is 29.6 Å². The van der Waals surface area contributed by atoms with E-state index in [2.05, 4.69) is 16.9 Å². The standard InChI is InChI=1S/C25H24N4O4/c1-2-23(30)29(17-14-15-27-16-17)22-13-12-21(24(26)31)25(28-22)33-20-10-8-19(9-11-20)32-18-6-4-3-5-7-18/h2-13,17,27H,1,14-16H2,(H2,26,31)/t17-/m1/s1. The van der Waals surface area contributed by atoms with Crippen molar-refractivity contribution in [1.29, 1.82) is 0 Å². The molecular weight excluding hydrogens is 420 g/mol. The van der Waals surface area contributed by atoms with Crippen molar-refractivity contribution in [2.45, 2.75) is 12.5 Å². The molecule has 1 aliphatic heterocycles. The van der Waals surface area contributed by atoms with Crippen molar-refractivity contribution in [1.82, 2.24) is 10.3 Å². The number of carbonyl (C=O) groups excluding carboxylic acids is 2. The van der Waals surface area contributed by atoms with Gasteiger partial charge in [0.05, 0.1) is 6.04 Å². The molecule has 0 radical (unpaired) electrons. The van der Waals surface area contributed by atoms with Gasteiger partial charge < -0.3 is 20.5 Å². The van der Waals surface area contributed by atoms with Gasteiger partial charge in [-0.05, 0) is 67.6 Å². The van der Waals surface area contributed by atoms with Crippen molar-refractivity contribution in [2.24, 2.45) is 5.73 Å². The van der Waals surface area contributed by atoms with E-state index in [-0.39, 0.29) is 23.4 Å². The molecule has 1 atom stereocenters. The molecule has 0 aliphatic carbocycles. The summed E-state index contributed by atoms with van der Waals surface area (Å²) in [5.41, 5.74) is 5.64. The van der Waals surface area contributed by atoms with Crippen molar-refractivity contribution in [3.8, 4) is 23.1 Å². The molecule has 0 unspecified atom stereocenters. The Labute approximate surface area is 191 Å². The third-order valence-electron chi connectivity index (χ3n) is 5.19. The highest BCUT2D eigenvalue weighted by molar-refractivity contribution is 6.01. The molecule has 168 valence electrons. The second-order valence-corrected chi connectivity index (χ2v) is 7.43. The quantitative estimate of drug-likeness (QED) is 0.514. The Bertz CT molecular complexity index is 1140. The highest BCUT2D eigenvalue weighted by Crippen LogP contribution is 2.30. The van der Waals surface area contributed by atoms with Crippen LogP contribution in [0.1, 0.15) is 16.8 Å². The predicted molar refractivity (Wildman–Crippen MR) is 125 cm³/mol. The van der Waals surface area contributed by atoms with Crippen LogP contribution in [0, 0.1) is 0 Å². The molecule has 1 aliphatic rings. The van der Waals surface area contributed by atoms with E-state index >= 15 is 0 Å². The number of rotatable bonds is 8. The summed E-state index contributed by atoms with van der Waals surface area (Å²) < 4.78 is 11.7. The van der Waals surface area contributed by atoms with E-state index in [4.69, 9.17) is 15.2 Å². The minimum absolute atomic E-state index is 0.0181. The summed E-state index contributed by atoms with van der Waals surface area (Å²) in [4.78, 5) is 30.6. The number of benzene rings is 2. The number of pyridine rings is 1. The van der Waals surface area contributed by atoms with Gasteiger partial charge in [-0.2, -0.15) is 4.98 Å². The van der Waals surface area contributed by atoms with Crippen molar-refractivity contribution in [3.05, 3.63) is 84.9 Å². The molecule has 8 nitrogen and oxygen atoms in total. The minimum Gasteiger partial charge on any atom is -0.457 e. The molecular formula is C25H24N4O4. The zero-order chi connectivity index (χ0) is 23.2. The summed E-state index contributed by atoms with van der Waals surface area (Å²) in [5.74, 6) is 1.19. The molecule has 4 rings (SSSR count). The molecule has 33 heavy (non-hydrogen) atoms. The molecule has 2 amide bonds. The summed E-state index contributed by atoms with van der Waals surface area (Å²) in [6, 6.07) is 19.3. The van der Waals surface area contributed by atoms with Crippen LogP contribution in [0.4, 0.5) is 5.82 Å². The lowest BCUT2D eigenvalue weighted by molar-refractivity contribution is -0.114. The van der Waals surface area contributed by atoms with E-state index < -0.39 is 5.91 Å². The molecule has 2 aromatic carbocycles. The van der Waals surface area contributed by atoms with Crippen molar-refractivity contribution < 1.29 is 19.1 Å². The Morgan fingerprint density at radius 2 is 1.67 bits per heavy atom. The number of nitrogens with zero attached hydrogens (tertiary/aromatic N) is 2. The third-order valence-corrected chi connectivity index (χ3v) is 5.19. The number of amides is 2. The Balaban J connectivity index is 1.60. The zero-order valence-corrected chi connectivity index (χ0v) is 17.9. The monoisotopic (exact) mass is 444 g/mol. The van der Waals surface area contributed by atoms with Gasteiger partial charge in [-0.25, -0.2) is 0 Å². The predicted octanol–water partition coefficient (Wildman–Crippen LogP) is 3.65. The fourth-order valence-corrected chi connectivity index (χ4v) is 3.58. The van der Waals surface area contributed by atoms with Crippen LogP contribution >= 0.6 is 0 Å². The summed E-state index contributed by atoms with van der Waals surface area (Å²) in [6.45, 7) is 5.03. The number of hydrogen-bond acceptors (Lipinski definition) is 6. The first-order valence-electron chi connectivity index (χ1n) is 10.5. The maximum Gasteiger partial charge on any atom is 0.254 e. The SMILES string of the molecule is C=CC(=O)N(c1ccc(C(N)=O)c(Oc2ccc(Oc3ccccc3)cc2)n1)[C@@H]1CCNC1. The topological polar surface area (TPSA) is 107 Å². The van der Waals surface area contributed by atoms with Crippen molar-refractivity contribution in [2.75, 3.05) is 18.0 Å². The van der Waals surface area contributed by atoms with Crippen LogP contribution in [0.15, 0.2) is 79.4 Å². The number of ether oxygens (including phenoxy) is 2. The fraction of sp³-hybridized carbons (Fsp3) is 0.160. The average Bonchev–Trinajstić information content (AvgIpc) is 3.35. The first-order chi connectivity index (χ1) is 16.0. The Hall–Kier alpha value is -4.17. The number of hydrogen-bond donors (Lipinski definition) is 2. The third kappa shape index (κ3) is 5.19.